The Hall–Kier alpha value is -3.82. The highest BCUT2D eigenvalue weighted by molar-refractivity contribution is 7.92. The molecule has 2 fully saturated rings. The van der Waals surface area contributed by atoms with Gasteiger partial charge in [0.25, 0.3) is 10.0 Å². The van der Waals surface area contributed by atoms with Crippen molar-refractivity contribution in [3.05, 3.63) is 59.9 Å². The number of fused-ring (bicyclic) bond motifs is 1. The molecule has 3 N–H and O–H groups in total. The molecule has 6 rings (SSSR count). The molecule has 1 aliphatic heterocycles. The van der Waals surface area contributed by atoms with E-state index in [0.717, 1.165) is 64.0 Å². The summed E-state index contributed by atoms with van der Waals surface area (Å²) in [6.07, 6.45) is 5.13. The number of nitrogens with zero attached hydrogens (tertiary/aromatic N) is 6. The van der Waals surface area contributed by atoms with Gasteiger partial charge in [-0.1, -0.05) is 6.07 Å². The van der Waals surface area contributed by atoms with Crippen LogP contribution < -0.4 is 10.5 Å². The quantitative estimate of drug-likeness (QED) is 0.244. The molecule has 10 nitrogen and oxygen atoms in total. The van der Waals surface area contributed by atoms with Crippen LogP contribution in [0.15, 0.2) is 41.6 Å². The number of nitrogen functional groups attached to an aromatic ring is 1. The van der Waals surface area contributed by atoms with Crippen LogP contribution in [0.4, 0.5) is 29.1 Å². The zero-order valence-corrected chi connectivity index (χ0v) is 24.1. The maximum atomic E-state index is 15.3. The molecule has 3 heterocycles. The van der Waals surface area contributed by atoms with E-state index in [0.29, 0.717) is 34.9 Å². The number of hydrogen-bond donors (Lipinski definition) is 2. The van der Waals surface area contributed by atoms with Crippen LogP contribution in [0.2, 0.25) is 0 Å². The molecule has 0 radical (unpaired) electrons. The molecule has 0 atom stereocenters. The minimum absolute atomic E-state index is 0.0520. The normalized spacial score (nSPS) is 20.5. The van der Waals surface area contributed by atoms with Gasteiger partial charge in [0.15, 0.2) is 23.1 Å². The minimum Gasteiger partial charge on any atom is -0.383 e. The molecule has 43 heavy (non-hydrogen) atoms. The van der Waals surface area contributed by atoms with Gasteiger partial charge in [0.2, 0.25) is 0 Å². The average molecular weight is 619 g/mol. The van der Waals surface area contributed by atoms with Crippen molar-refractivity contribution >= 4 is 32.6 Å². The Morgan fingerprint density at radius 1 is 0.884 bits per heavy atom. The van der Waals surface area contributed by atoms with Crippen molar-refractivity contribution in [2.75, 3.05) is 43.7 Å². The highest BCUT2D eigenvalue weighted by atomic mass is 32.2. The molecule has 0 bridgehead atoms. The number of sulfonamides is 1. The summed E-state index contributed by atoms with van der Waals surface area (Å²) in [5, 5.41) is 5.24. The van der Waals surface area contributed by atoms with Crippen LogP contribution in [0.25, 0.3) is 22.3 Å². The topological polar surface area (TPSA) is 122 Å². The van der Waals surface area contributed by atoms with E-state index in [1.54, 1.807) is 0 Å². The number of anilines is 2. The predicted octanol–water partition coefficient (Wildman–Crippen LogP) is 4.16. The van der Waals surface area contributed by atoms with Crippen molar-refractivity contribution in [2.45, 2.75) is 42.7 Å². The van der Waals surface area contributed by atoms with Crippen LogP contribution in [0.5, 0.6) is 0 Å². The first kappa shape index (κ1) is 29.3. The minimum atomic E-state index is -4.79. The summed E-state index contributed by atoms with van der Waals surface area (Å²) in [6.45, 7) is 4.22. The molecule has 1 saturated heterocycles. The van der Waals surface area contributed by atoms with Crippen LogP contribution in [0.3, 0.4) is 0 Å². The largest absolute Gasteiger partial charge is 0.383 e. The van der Waals surface area contributed by atoms with Crippen LogP contribution >= 0.6 is 0 Å². The number of rotatable bonds is 6. The first-order chi connectivity index (χ1) is 20.5. The van der Waals surface area contributed by atoms with E-state index in [1.807, 2.05) is 9.40 Å². The molecule has 4 aromatic rings. The zero-order chi connectivity index (χ0) is 30.5. The lowest BCUT2D eigenvalue weighted by Crippen LogP contribution is -2.49. The lowest BCUT2D eigenvalue weighted by atomic mass is 9.90. The summed E-state index contributed by atoms with van der Waals surface area (Å²) in [5.41, 5.74) is 6.84. The van der Waals surface area contributed by atoms with E-state index in [2.05, 4.69) is 26.8 Å². The molecule has 2 aliphatic rings. The maximum absolute atomic E-state index is 15.3. The molecule has 1 aliphatic carbocycles. The number of benzene rings is 2. The van der Waals surface area contributed by atoms with E-state index in [1.165, 1.54) is 12.4 Å². The van der Waals surface area contributed by atoms with Gasteiger partial charge in [-0.25, -0.2) is 40.6 Å². The first-order valence-electron chi connectivity index (χ1n) is 13.9. The summed E-state index contributed by atoms with van der Waals surface area (Å²) in [4.78, 5) is 12.3. The van der Waals surface area contributed by atoms with Crippen LogP contribution in [0.1, 0.15) is 31.7 Å². The van der Waals surface area contributed by atoms with Crippen LogP contribution in [-0.4, -0.2) is 77.2 Å². The summed E-state index contributed by atoms with van der Waals surface area (Å²) in [6, 6.07) is 5.20. The van der Waals surface area contributed by atoms with Crippen molar-refractivity contribution in [3.63, 3.8) is 0 Å². The number of halogens is 4. The molecule has 0 amide bonds. The Kier molecular flexibility index (Phi) is 7.73. The molecule has 1 saturated carbocycles. The van der Waals surface area contributed by atoms with E-state index in [-0.39, 0.29) is 17.4 Å². The second kappa shape index (κ2) is 11.4. The third kappa shape index (κ3) is 5.52. The molecular weight excluding hydrogens is 588 g/mol. The zero-order valence-electron chi connectivity index (χ0n) is 23.3. The number of aromatic nitrogens is 4. The lowest BCUT2D eigenvalue weighted by Gasteiger charge is -2.41. The number of nitrogens with two attached hydrogens (primary N) is 1. The standard InChI is InChI=1S/C28H30F4N8O2S/c1-38-10-12-39(13-11-38)17-3-5-18(6-4-17)40-28-23(27(33)34-15-35-28)26(36-40)16-2-8-21(20(30)14-16)37-43(41,42)22-9-7-19(29)24(31)25(22)32/h2,7-9,14-15,17-18,37H,3-6,10-13H2,1H3,(H2,33,34,35). The monoisotopic (exact) mass is 618 g/mol. The molecule has 228 valence electrons. The third-order valence-corrected chi connectivity index (χ3v) is 9.74. The number of piperazine rings is 1. The second-order valence-corrected chi connectivity index (χ2v) is 12.7. The smallest absolute Gasteiger partial charge is 0.265 e. The highest BCUT2D eigenvalue weighted by Crippen LogP contribution is 2.38. The van der Waals surface area contributed by atoms with Crippen molar-refractivity contribution in [1.82, 2.24) is 29.5 Å². The van der Waals surface area contributed by atoms with Gasteiger partial charge in [-0.15, -0.1) is 0 Å². The van der Waals surface area contributed by atoms with Gasteiger partial charge in [-0.3, -0.25) is 9.62 Å². The van der Waals surface area contributed by atoms with E-state index in [4.69, 9.17) is 10.8 Å². The number of nitrogens with one attached hydrogen (secondary N) is 1. The van der Waals surface area contributed by atoms with Gasteiger partial charge in [0, 0.05) is 37.8 Å². The van der Waals surface area contributed by atoms with Crippen molar-refractivity contribution in [2.24, 2.45) is 0 Å². The molecule has 0 unspecified atom stereocenters. The molecule has 15 heteroatoms. The molecule has 2 aromatic carbocycles. The first-order valence-corrected chi connectivity index (χ1v) is 15.4. The fourth-order valence-electron chi connectivity index (χ4n) is 5.97. The van der Waals surface area contributed by atoms with E-state index < -0.39 is 43.9 Å². The SMILES string of the molecule is CN1CCN(C2CCC(n3nc(-c4ccc(NS(=O)(=O)c5ccc(F)c(F)c5F)c(F)c4)c4c(N)ncnc43)CC2)CC1. The van der Waals surface area contributed by atoms with Crippen molar-refractivity contribution in [3.8, 4) is 11.3 Å². The van der Waals surface area contributed by atoms with Crippen molar-refractivity contribution < 1.29 is 26.0 Å². The Morgan fingerprint density at radius 2 is 1.58 bits per heavy atom. The number of likely N-dealkylation sites (N-methyl/N-ethyl adjacent to an activating group) is 1. The van der Waals surface area contributed by atoms with Crippen molar-refractivity contribution in [1.29, 1.82) is 0 Å². The highest BCUT2D eigenvalue weighted by Gasteiger charge is 2.31. The molecular formula is C28H30F4N8O2S. The lowest BCUT2D eigenvalue weighted by molar-refractivity contribution is 0.0815. The van der Waals surface area contributed by atoms with Crippen LogP contribution in [-0.2, 0) is 10.0 Å². The van der Waals surface area contributed by atoms with E-state index >= 15 is 4.39 Å². The van der Waals surface area contributed by atoms with Gasteiger partial charge in [0.05, 0.1) is 17.1 Å². The Morgan fingerprint density at radius 3 is 2.28 bits per heavy atom. The summed E-state index contributed by atoms with van der Waals surface area (Å²) in [7, 11) is -2.65. The van der Waals surface area contributed by atoms with Gasteiger partial charge >= 0.3 is 0 Å². The fraction of sp³-hybridized carbons (Fsp3) is 0.393. The Balaban J connectivity index is 1.27. The second-order valence-electron chi connectivity index (χ2n) is 11.0. The Labute approximate surface area is 245 Å². The third-order valence-electron chi connectivity index (χ3n) is 8.36. The summed E-state index contributed by atoms with van der Waals surface area (Å²) in [5.74, 6) is -6.25. The van der Waals surface area contributed by atoms with Gasteiger partial charge in [-0.05, 0) is 57.0 Å². The van der Waals surface area contributed by atoms with Gasteiger partial charge in [-0.2, -0.15) is 5.10 Å². The average Bonchev–Trinajstić information content (AvgIpc) is 3.38. The molecule has 0 spiro atoms. The molecule has 2 aromatic heterocycles. The summed E-state index contributed by atoms with van der Waals surface area (Å²) >= 11 is 0. The summed E-state index contributed by atoms with van der Waals surface area (Å²) < 4.78 is 85.4. The number of hydrogen-bond acceptors (Lipinski definition) is 8. The van der Waals surface area contributed by atoms with Crippen LogP contribution in [0, 0.1) is 23.3 Å². The van der Waals surface area contributed by atoms with E-state index in [9.17, 15) is 21.6 Å². The fourth-order valence-corrected chi connectivity index (χ4v) is 7.11. The maximum Gasteiger partial charge on any atom is 0.265 e. The predicted molar refractivity (Wildman–Crippen MR) is 153 cm³/mol. The van der Waals surface area contributed by atoms with Gasteiger partial charge < -0.3 is 10.6 Å². The Bertz CT molecular complexity index is 1790. The van der Waals surface area contributed by atoms with Gasteiger partial charge in [0.1, 0.15) is 28.6 Å².